The van der Waals surface area contributed by atoms with Crippen LogP contribution in [0.2, 0.25) is 0 Å². The summed E-state index contributed by atoms with van der Waals surface area (Å²) in [5.41, 5.74) is 0. The first kappa shape index (κ1) is 12.8. The fourth-order valence-corrected chi connectivity index (χ4v) is 2.27. The van der Waals surface area contributed by atoms with Crippen LogP contribution in [0.3, 0.4) is 0 Å². The molecule has 0 amide bonds. The van der Waals surface area contributed by atoms with Gasteiger partial charge in [0.05, 0.1) is 17.9 Å². The molecule has 1 aromatic heterocycles. The highest BCUT2D eigenvalue weighted by molar-refractivity contribution is 7.12. The van der Waals surface area contributed by atoms with Crippen molar-refractivity contribution in [2.24, 2.45) is 0 Å². The Morgan fingerprint density at radius 1 is 1.44 bits per heavy atom. The van der Waals surface area contributed by atoms with Crippen molar-refractivity contribution in [1.29, 1.82) is 0 Å². The maximum atomic E-state index is 11.6. The summed E-state index contributed by atoms with van der Waals surface area (Å²) >= 11 is 1.34. The summed E-state index contributed by atoms with van der Waals surface area (Å²) in [4.78, 5) is 34.8. The van der Waals surface area contributed by atoms with Gasteiger partial charge in [-0.1, -0.05) is 6.07 Å². The SMILES string of the molecule is O=C(CCC(=O)c1cccs1)O[C@@H]1CCOC1=O. The van der Waals surface area contributed by atoms with E-state index in [0.717, 1.165) is 0 Å². The molecule has 96 valence electrons. The number of carbonyl (C=O) groups is 3. The number of ketones is 1. The molecule has 2 heterocycles. The molecular weight excluding hydrogens is 256 g/mol. The van der Waals surface area contributed by atoms with Crippen LogP contribution < -0.4 is 0 Å². The summed E-state index contributed by atoms with van der Waals surface area (Å²) in [6.45, 7) is 0.283. The molecule has 1 fully saturated rings. The first-order valence-electron chi connectivity index (χ1n) is 5.59. The molecule has 1 atom stereocenters. The molecule has 0 radical (unpaired) electrons. The Bertz CT molecular complexity index is 451. The minimum atomic E-state index is -0.797. The van der Waals surface area contributed by atoms with Gasteiger partial charge in [0.1, 0.15) is 0 Å². The van der Waals surface area contributed by atoms with E-state index in [0.29, 0.717) is 11.3 Å². The average Bonchev–Trinajstić information content (AvgIpc) is 2.99. The topological polar surface area (TPSA) is 69.7 Å². The maximum absolute atomic E-state index is 11.6. The van der Waals surface area contributed by atoms with Crippen LogP contribution in [0.25, 0.3) is 0 Å². The van der Waals surface area contributed by atoms with E-state index in [2.05, 4.69) is 4.74 Å². The number of Topliss-reactive ketones (excluding diaryl/α,β-unsaturated/α-hetero) is 1. The van der Waals surface area contributed by atoms with Crippen molar-refractivity contribution >= 4 is 29.1 Å². The molecule has 0 bridgehead atoms. The average molecular weight is 268 g/mol. The minimum Gasteiger partial charge on any atom is -0.463 e. The zero-order valence-electron chi connectivity index (χ0n) is 9.59. The van der Waals surface area contributed by atoms with Crippen molar-refractivity contribution in [3.05, 3.63) is 22.4 Å². The normalized spacial score (nSPS) is 18.4. The monoisotopic (exact) mass is 268 g/mol. The predicted molar refractivity (Wildman–Crippen MR) is 63.3 cm³/mol. The summed E-state index contributed by atoms with van der Waals surface area (Å²) in [5.74, 6) is -1.13. The van der Waals surface area contributed by atoms with Crippen molar-refractivity contribution in [2.45, 2.75) is 25.4 Å². The third-order valence-corrected chi connectivity index (χ3v) is 3.42. The smallest absolute Gasteiger partial charge is 0.347 e. The predicted octanol–water partition coefficient (Wildman–Crippen LogP) is 1.57. The van der Waals surface area contributed by atoms with Gasteiger partial charge in [-0.3, -0.25) is 9.59 Å². The highest BCUT2D eigenvalue weighted by Gasteiger charge is 2.30. The van der Waals surface area contributed by atoms with Gasteiger partial charge in [-0.05, 0) is 11.4 Å². The zero-order chi connectivity index (χ0) is 13.0. The molecule has 2 rings (SSSR count). The molecule has 1 aliphatic rings. The first-order valence-corrected chi connectivity index (χ1v) is 6.47. The van der Waals surface area contributed by atoms with Crippen molar-refractivity contribution in [1.82, 2.24) is 0 Å². The Labute approximate surface area is 108 Å². The highest BCUT2D eigenvalue weighted by Crippen LogP contribution is 2.14. The van der Waals surface area contributed by atoms with Crippen LogP contribution in [-0.4, -0.2) is 30.4 Å². The van der Waals surface area contributed by atoms with Gasteiger partial charge in [-0.15, -0.1) is 11.3 Å². The van der Waals surface area contributed by atoms with Crippen molar-refractivity contribution in [2.75, 3.05) is 6.61 Å². The fourth-order valence-electron chi connectivity index (χ4n) is 1.58. The number of hydrogen-bond acceptors (Lipinski definition) is 6. The molecular formula is C12H12O5S. The van der Waals surface area contributed by atoms with Crippen LogP contribution in [-0.2, 0) is 19.1 Å². The van der Waals surface area contributed by atoms with Gasteiger partial charge in [0.15, 0.2) is 5.78 Å². The summed E-state index contributed by atoms with van der Waals surface area (Å²) < 4.78 is 9.60. The van der Waals surface area contributed by atoms with E-state index in [1.165, 1.54) is 11.3 Å². The van der Waals surface area contributed by atoms with E-state index in [1.54, 1.807) is 17.5 Å². The molecule has 5 nitrogen and oxygen atoms in total. The molecule has 1 saturated heterocycles. The van der Waals surface area contributed by atoms with Crippen molar-refractivity contribution in [3.8, 4) is 0 Å². The summed E-state index contributed by atoms with van der Waals surface area (Å²) in [5, 5.41) is 1.81. The number of esters is 2. The van der Waals surface area contributed by atoms with Crippen LogP contribution >= 0.6 is 11.3 Å². The van der Waals surface area contributed by atoms with Gasteiger partial charge in [0, 0.05) is 12.8 Å². The Morgan fingerprint density at radius 3 is 2.89 bits per heavy atom. The molecule has 0 saturated carbocycles. The lowest BCUT2D eigenvalue weighted by Gasteiger charge is -2.07. The Balaban J connectivity index is 1.75. The van der Waals surface area contributed by atoms with Crippen LogP contribution in [0.1, 0.15) is 28.9 Å². The lowest BCUT2D eigenvalue weighted by molar-refractivity contribution is -0.160. The number of ether oxygens (including phenoxy) is 2. The first-order chi connectivity index (χ1) is 8.66. The van der Waals surface area contributed by atoms with E-state index in [1.807, 2.05) is 0 Å². The van der Waals surface area contributed by atoms with E-state index < -0.39 is 18.0 Å². The van der Waals surface area contributed by atoms with Crippen LogP contribution in [0.4, 0.5) is 0 Å². The van der Waals surface area contributed by atoms with Gasteiger partial charge < -0.3 is 9.47 Å². The molecule has 0 N–H and O–H groups in total. The van der Waals surface area contributed by atoms with E-state index in [4.69, 9.17) is 4.74 Å². The number of thiophene rings is 1. The molecule has 1 aromatic rings. The van der Waals surface area contributed by atoms with Crippen molar-refractivity contribution in [3.63, 3.8) is 0 Å². The van der Waals surface area contributed by atoms with Crippen LogP contribution in [0.15, 0.2) is 17.5 Å². The van der Waals surface area contributed by atoms with E-state index >= 15 is 0 Å². The van der Waals surface area contributed by atoms with Gasteiger partial charge in [-0.2, -0.15) is 0 Å². The number of carbonyl (C=O) groups excluding carboxylic acids is 3. The van der Waals surface area contributed by atoms with Crippen LogP contribution in [0.5, 0.6) is 0 Å². The minimum absolute atomic E-state index is 0.0134. The molecule has 1 aliphatic heterocycles. The zero-order valence-corrected chi connectivity index (χ0v) is 10.4. The number of hydrogen-bond donors (Lipinski definition) is 0. The van der Waals surface area contributed by atoms with Gasteiger partial charge >= 0.3 is 11.9 Å². The summed E-state index contributed by atoms with van der Waals surface area (Å²) in [7, 11) is 0. The quantitative estimate of drug-likeness (QED) is 0.599. The summed E-state index contributed by atoms with van der Waals surface area (Å²) in [6.07, 6.45) is -0.320. The molecule has 0 spiro atoms. The highest BCUT2D eigenvalue weighted by atomic mass is 32.1. The largest absolute Gasteiger partial charge is 0.463 e. The molecule has 6 heteroatoms. The lowest BCUT2D eigenvalue weighted by Crippen LogP contribution is -2.22. The maximum Gasteiger partial charge on any atom is 0.347 e. The molecule has 18 heavy (non-hydrogen) atoms. The van der Waals surface area contributed by atoms with Gasteiger partial charge in [0.25, 0.3) is 0 Å². The summed E-state index contributed by atoms with van der Waals surface area (Å²) in [6, 6.07) is 3.50. The lowest BCUT2D eigenvalue weighted by atomic mass is 10.2. The third kappa shape index (κ3) is 3.16. The fraction of sp³-hybridized carbons (Fsp3) is 0.417. The second kappa shape index (κ2) is 5.77. The van der Waals surface area contributed by atoms with Crippen molar-refractivity contribution < 1.29 is 23.9 Å². The van der Waals surface area contributed by atoms with Crippen LogP contribution in [0, 0.1) is 0 Å². The standard InChI is InChI=1S/C12H12O5S/c13-8(10-2-1-7-18-10)3-4-11(14)17-9-5-6-16-12(9)15/h1-2,7,9H,3-6H2/t9-/m1/s1. The second-order valence-electron chi connectivity index (χ2n) is 3.84. The molecule has 0 aliphatic carbocycles. The number of cyclic esters (lactones) is 1. The molecule has 0 aromatic carbocycles. The third-order valence-electron chi connectivity index (χ3n) is 2.51. The van der Waals surface area contributed by atoms with E-state index in [-0.39, 0.29) is 25.2 Å². The number of rotatable bonds is 5. The Kier molecular flexibility index (Phi) is 4.09. The molecule has 0 unspecified atom stereocenters. The Hall–Kier alpha value is -1.69. The second-order valence-corrected chi connectivity index (χ2v) is 4.78. The van der Waals surface area contributed by atoms with E-state index in [9.17, 15) is 14.4 Å². The van der Waals surface area contributed by atoms with Gasteiger partial charge in [0.2, 0.25) is 6.10 Å². The van der Waals surface area contributed by atoms with Gasteiger partial charge in [-0.25, -0.2) is 4.79 Å². The Morgan fingerprint density at radius 2 is 2.28 bits per heavy atom.